The number of hydrogen-bond acceptors (Lipinski definition) is 5. The minimum Gasteiger partial charge on any atom is -0.350 e. The number of pyridine rings is 1. The van der Waals surface area contributed by atoms with Crippen LogP contribution in [0.4, 0.5) is 0 Å². The Morgan fingerprint density at radius 1 is 1.42 bits per heavy atom. The topological polar surface area (TPSA) is 79.4 Å². The molecule has 6 nitrogen and oxygen atoms in total. The molecule has 7 heteroatoms. The molecule has 0 bridgehead atoms. The zero-order chi connectivity index (χ0) is 14.6. The molecule has 0 radical (unpaired) electrons. The van der Waals surface area contributed by atoms with Gasteiger partial charge in [0.25, 0.3) is 5.91 Å². The first kappa shape index (κ1) is 15.6. The van der Waals surface area contributed by atoms with Crippen LogP contribution in [0.15, 0.2) is 23.4 Å². The Morgan fingerprint density at radius 3 is 2.47 bits per heavy atom. The molecule has 0 spiro atoms. The van der Waals surface area contributed by atoms with Gasteiger partial charge in [-0.05, 0) is 33.2 Å². The van der Waals surface area contributed by atoms with E-state index in [1.165, 1.54) is 18.3 Å². The third-order valence-electron chi connectivity index (χ3n) is 2.82. The van der Waals surface area contributed by atoms with Crippen LogP contribution in [0.2, 0.25) is 0 Å². The molecule has 106 valence electrons. The van der Waals surface area contributed by atoms with Gasteiger partial charge in [-0.3, -0.25) is 4.79 Å². The van der Waals surface area contributed by atoms with Crippen LogP contribution in [0.25, 0.3) is 0 Å². The van der Waals surface area contributed by atoms with Gasteiger partial charge in [0, 0.05) is 25.0 Å². The van der Waals surface area contributed by atoms with Crippen molar-refractivity contribution in [1.29, 1.82) is 0 Å². The monoisotopic (exact) mass is 285 g/mol. The maximum Gasteiger partial charge on any atom is 0.252 e. The van der Waals surface area contributed by atoms with Crippen LogP contribution in [0, 0.1) is 0 Å². The molecular weight excluding hydrogens is 266 g/mol. The summed E-state index contributed by atoms with van der Waals surface area (Å²) in [5.41, 5.74) is 0.346. The number of nitrogens with zero attached hydrogens (tertiary/aromatic N) is 2. The van der Waals surface area contributed by atoms with E-state index in [-0.39, 0.29) is 17.0 Å². The van der Waals surface area contributed by atoms with E-state index in [9.17, 15) is 13.2 Å². The van der Waals surface area contributed by atoms with Gasteiger partial charge in [-0.15, -0.1) is 0 Å². The Labute approximate surface area is 113 Å². The zero-order valence-electron chi connectivity index (χ0n) is 11.5. The first-order valence-electron chi connectivity index (χ1n) is 5.82. The number of rotatable bonds is 5. The van der Waals surface area contributed by atoms with Gasteiger partial charge >= 0.3 is 0 Å². The Morgan fingerprint density at radius 2 is 2.05 bits per heavy atom. The molecule has 0 fully saturated rings. The number of carbonyl (C=O) groups excluding carboxylic acids is 1. The molecule has 0 aromatic carbocycles. The molecule has 0 saturated heterocycles. The van der Waals surface area contributed by atoms with Crippen molar-refractivity contribution in [2.24, 2.45) is 0 Å². The molecule has 1 N–H and O–H groups in total. The molecule has 1 atom stereocenters. The van der Waals surface area contributed by atoms with Crippen LogP contribution in [0.1, 0.15) is 17.3 Å². The fraction of sp³-hybridized carbons (Fsp3) is 0.500. The summed E-state index contributed by atoms with van der Waals surface area (Å²) in [6.07, 6.45) is 2.35. The molecule has 19 heavy (non-hydrogen) atoms. The number of nitrogens with one attached hydrogen (secondary N) is 1. The van der Waals surface area contributed by atoms with E-state index < -0.39 is 9.84 Å². The normalized spacial score (nSPS) is 13.3. The van der Waals surface area contributed by atoms with Crippen molar-refractivity contribution in [3.05, 3.63) is 23.9 Å². The molecule has 1 heterocycles. The molecular formula is C12H19N3O3S. The molecule has 0 aliphatic rings. The van der Waals surface area contributed by atoms with Crippen molar-refractivity contribution < 1.29 is 13.2 Å². The highest BCUT2D eigenvalue weighted by Gasteiger charge is 2.12. The summed E-state index contributed by atoms with van der Waals surface area (Å²) in [6.45, 7) is 2.50. The van der Waals surface area contributed by atoms with E-state index in [4.69, 9.17) is 0 Å². The Hall–Kier alpha value is -1.47. The first-order valence-corrected chi connectivity index (χ1v) is 7.71. The van der Waals surface area contributed by atoms with E-state index in [0.29, 0.717) is 12.1 Å². The Kier molecular flexibility index (Phi) is 5.02. The highest BCUT2D eigenvalue weighted by molar-refractivity contribution is 7.90. The molecule has 0 aliphatic heterocycles. The quantitative estimate of drug-likeness (QED) is 0.834. The van der Waals surface area contributed by atoms with Crippen molar-refractivity contribution in [3.8, 4) is 0 Å². The number of sulfone groups is 1. The highest BCUT2D eigenvalue weighted by atomic mass is 32.2. The Balaban J connectivity index is 2.69. The van der Waals surface area contributed by atoms with Crippen LogP contribution in [-0.2, 0) is 9.84 Å². The molecule has 1 amide bonds. The Bertz CT molecular complexity index is 538. The highest BCUT2D eigenvalue weighted by Crippen LogP contribution is 2.06. The number of carbonyl (C=O) groups is 1. The van der Waals surface area contributed by atoms with Gasteiger partial charge < -0.3 is 10.2 Å². The number of likely N-dealkylation sites (N-methyl/N-ethyl adjacent to an activating group) is 1. The van der Waals surface area contributed by atoms with Crippen LogP contribution in [-0.4, -0.2) is 57.1 Å². The molecule has 1 aromatic rings. The van der Waals surface area contributed by atoms with E-state index in [1.54, 1.807) is 0 Å². The number of amides is 1. The first-order chi connectivity index (χ1) is 8.71. The average Bonchev–Trinajstić information content (AvgIpc) is 2.34. The predicted octanol–water partition coefficient (Wildman–Crippen LogP) is 0.165. The summed E-state index contributed by atoms with van der Waals surface area (Å²) < 4.78 is 22.5. The molecule has 0 unspecified atom stereocenters. The van der Waals surface area contributed by atoms with Crippen LogP contribution >= 0.6 is 0 Å². The third-order valence-corrected chi connectivity index (χ3v) is 3.82. The summed E-state index contributed by atoms with van der Waals surface area (Å²) in [5.74, 6) is -0.263. The van der Waals surface area contributed by atoms with Gasteiger partial charge in [-0.1, -0.05) is 0 Å². The van der Waals surface area contributed by atoms with E-state index in [1.807, 2.05) is 25.9 Å². The summed E-state index contributed by atoms with van der Waals surface area (Å²) in [6, 6.07) is 3.01. The predicted molar refractivity (Wildman–Crippen MR) is 72.8 cm³/mol. The summed E-state index contributed by atoms with van der Waals surface area (Å²) in [4.78, 5) is 17.6. The standard InChI is InChI=1S/C12H19N3O3S/c1-9(15(2)3)7-14-12(16)10-5-6-11(13-8-10)19(4,17)18/h5-6,8-9H,7H2,1-4H3,(H,14,16)/t9-/m0/s1. The van der Waals surface area contributed by atoms with E-state index >= 15 is 0 Å². The van der Waals surface area contributed by atoms with Gasteiger partial charge in [0.2, 0.25) is 0 Å². The largest absolute Gasteiger partial charge is 0.350 e. The van der Waals surface area contributed by atoms with Gasteiger partial charge in [0.15, 0.2) is 14.9 Å². The smallest absolute Gasteiger partial charge is 0.252 e. The van der Waals surface area contributed by atoms with Crippen LogP contribution in [0.3, 0.4) is 0 Å². The van der Waals surface area contributed by atoms with Crippen molar-refractivity contribution >= 4 is 15.7 Å². The summed E-state index contributed by atoms with van der Waals surface area (Å²) in [7, 11) is 0.528. The number of aromatic nitrogens is 1. The lowest BCUT2D eigenvalue weighted by molar-refractivity contribution is 0.0943. The number of hydrogen-bond donors (Lipinski definition) is 1. The SMILES string of the molecule is C[C@@H](CNC(=O)c1ccc(S(C)(=O)=O)nc1)N(C)C. The fourth-order valence-electron chi connectivity index (χ4n) is 1.26. The van der Waals surface area contributed by atoms with E-state index in [0.717, 1.165) is 6.26 Å². The molecule has 0 saturated carbocycles. The molecule has 1 rings (SSSR count). The van der Waals surface area contributed by atoms with Gasteiger partial charge in [0.05, 0.1) is 5.56 Å². The van der Waals surface area contributed by atoms with Crippen LogP contribution in [0.5, 0.6) is 0 Å². The van der Waals surface area contributed by atoms with Crippen molar-refractivity contribution in [2.45, 2.75) is 18.0 Å². The van der Waals surface area contributed by atoms with Gasteiger partial charge in [0.1, 0.15) is 0 Å². The summed E-state index contributed by atoms with van der Waals surface area (Å²) in [5, 5.41) is 2.73. The lowest BCUT2D eigenvalue weighted by Crippen LogP contribution is -2.38. The molecule has 1 aromatic heterocycles. The lowest BCUT2D eigenvalue weighted by Gasteiger charge is -2.19. The second-order valence-electron chi connectivity index (χ2n) is 4.68. The maximum absolute atomic E-state index is 11.8. The second-order valence-corrected chi connectivity index (χ2v) is 6.64. The maximum atomic E-state index is 11.8. The lowest BCUT2D eigenvalue weighted by atomic mass is 10.2. The summed E-state index contributed by atoms with van der Waals surface area (Å²) >= 11 is 0. The average molecular weight is 285 g/mol. The molecule has 0 aliphatic carbocycles. The van der Waals surface area contributed by atoms with Crippen molar-refractivity contribution in [2.75, 3.05) is 26.9 Å². The fourth-order valence-corrected chi connectivity index (χ4v) is 1.82. The van der Waals surface area contributed by atoms with Gasteiger partial charge in [-0.2, -0.15) is 0 Å². The zero-order valence-corrected chi connectivity index (χ0v) is 12.4. The van der Waals surface area contributed by atoms with Crippen molar-refractivity contribution in [1.82, 2.24) is 15.2 Å². The van der Waals surface area contributed by atoms with Crippen LogP contribution < -0.4 is 5.32 Å². The third kappa shape index (κ3) is 4.60. The minimum absolute atomic E-state index is 0.0364. The minimum atomic E-state index is -3.33. The van der Waals surface area contributed by atoms with Gasteiger partial charge in [-0.25, -0.2) is 13.4 Å². The second kappa shape index (κ2) is 6.12. The van der Waals surface area contributed by atoms with Crippen molar-refractivity contribution in [3.63, 3.8) is 0 Å². The van der Waals surface area contributed by atoms with E-state index in [2.05, 4.69) is 10.3 Å².